The molecule has 0 unspecified atom stereocenters. The molecule has 2 saturated heterocycles. The first-order valence-corrected chi connectivity index (χ1v) is 9.29. The van der Waals surface area contributed by atoms with Crippen LogP contribution in [-0.4, -0.2) is 47.8 Å². The summed E-state index contributed by atoms with van der Waals surface area (Å²) in [6.07, 6.45) is 3.66. The molecule has 0 N–H and O–H groups in total. The summed E-state index contributed by atoms with van der Waals surface area (Å²) in [7, 11) is 0. The fourth-order valence-corrected chi connectivity index (χ4v) is 4.62. The van der Waals surface area contributed by atoms with E-state index >= 15 is 0 Å². The minimum Gasteiger partial charge on any atom is -0.380 e. The smallest absolute Gasteiger partial charge is 0.0798 e. The van der Waals surface area contributed by atoms with Crippen molar-refractivity contribution in [2.75, 3.05) is 32.9 Å². The van der Waals surface area contributed by atoms with Crippen molar-refractivity contribution >= 4 is 11.3 Å². The zero-order valence-electron chi connectivity index (χ0n) is 14.0. The molecular weight excluding hydrogens is 322 g/mol. The van der Waals surface area contributed by atoms with E-state index in [2.05, 4.69) is 27.9 Å². The van der Waals surface area contributed by atoms with Gasteiger partial charge in [-0.15, -0.1) is 11.3 Å². The van der Waals surface area contributed by atoms with Gasteiger partial charge in [-0.25, -0.2) is 4.98 Å². The Labute approximate surface area is 146 Å². The van der Waals surface area contributed by atoms with Gasteiger partial charge in [-0.1, -0.05) is 6.07 Å². The van der Waals surface area contributed by atoms with Crippen molar-refractivity contribution in [2.24, 2.45) is 11.3 Å². The van der Waals surface area contributed by atoms with Crippen LogP contribution in [0, 0.1) is 18.3 Å². The molecule has 0 radical (unpaired) electrons. The lowest BCUT2D eigenvalue weighted by molar-refractivity contribution is 0.0182. The van der Waals surface area contributed by atoms with Crippen molar-refractivity contribution in [3.63, 3.8) is 0 Å². The van der Waals surface area contributed by atoms with Crippen molar-refractivity contribution in [3.8, 4) is 0 Å². The number of nitrogens with zero attached hydrogens (tertiary/aromatic N) is 3. The molecule has 6 heteroatoms. The van der Waals surface area contributed by atoms with Crippen molar-refractivity contribution in [3.05, 3.63) is 46.2 Å². The lowest BCUT2D eigenvalue weighted by Gasteiger charge is -2.27. The number of aryl methyl sites for hydroxylation is 1. The zero-order valence-corrected chi connectivity index (χ0v) is 14.8. The van der Waals surface area contributed by atoms with Crippen LogP contribution in [0.1, 0.15) is 16.1 Å². The van der Waals surface area contributed by atoms with Gasteiger partial charge >= 0.3 is 0 Å². The maximum absolute atomic E-state index is 6.06. The van der Waals surface area contributed by atoms with Crippen LogP contribution in [0.15, 0.2) is 30.0 Å². The van der Waals surface area contributed by atoms with E-state index < -0.39 is 0 Å². The molecule has 2 atom stereocenters. The molecule has 0 saturated carbocycles. The first-order valence-electron chi connectivity index (χ1n) is 8.41. The van der Waals surface area contributed by atoms with Crippen LogP contribution in [-0.2, 0) is 22.6 Å². The highest BCUT2D eigenvalue weighted by molar-refractivity contribution is 7.09. The maximum atomic E-state index is 6.06. The highest BCUT2D eigenvalue weighted by Crippen LogP contribution is 2.42. The molecule has 5 nitrogen and oxygen atoms in total. The summed E-state index contributed by atoms with van der Waals surface area (Å²) in [6, 6.07) is 4.01. The Morgan fingerprint density at radius 1 is 1.50 bits per heavy atom. The predicted molar refractivity (Wildman–Crippen MR) is 92.8 cm³/mol. The van der Waals surface area contributed by atoms with Gasteiger partial charge in [0.05, 0.1) is 37.6 Å². The maximum Gasteiger partial charge on any atom is 0.0798 e. The molecule has 2 fully saturated rings. The summed E-state index contributed by atoms with van der Waals surface area (Å²) in [5.41, 5.74) is 4.37. The van der Waals surface area contributed by atoms with Crippen molar-refractivity contribution in [1.82, 2.24) is 14.9 Å². The molecule has 128 valence electrons. The number of thiazole rings is 1. The van der Waals surface area contributed by atoms with Gasteiger partial charge in [0.2, 0.25) is 0 Å². The third-order valence-electron chi connectivity index (χ3n) is 5.18. The third-order valence-corrected chi connectivity index (χ3v) is 6.10. The van der Waals surface area contributed by atoms with Crippen LogP contribution in [0.2, 0.25) is 0 Å². The number of hydrogen-bond donors (Lipinski definition) is 0. The SMILES string of the molecule is Cc1ncsc1CN1C[C@@H]2COC[C@]2(COCc2cccnc2)C1. The zero-order chi connectivity index (χ0) is 16.4. The largest absolute Gasteiger partial charge is 0.380 e. The van der Waals surface area contributed by atoms with Gasteiger partial charge in [-0.3, -0.25) is 9.88 Å². The number of pyridine rings is 1. The van der Waals surface area contributed by atoms with Crippen LogP contribution in [0.3, 0.4) is 0 Å². The Bertz CT molecular complexity index is 678. The summed E-state index contributed by atoms with van der Waals surface area (Å²) in [4.78, 5) is 12.4. The number of ether oxygens (including phenoxy) is 2. The molecule has 0 spiro atoms. The fourth-order valence-electron chi connectivity index (χ4n) is 3.80. The monoisotopic (exact) mass is 345 g/mol. The molecule has 2 aromatic heterocycles. The second-order valence-electron chi connectivity index (χ2n) is 6.96. The van der Waals surface area contributed by atoms with E-state index in [-0.39, 0.29) is 5.41 Å². The van der Waals surface area contributed by atoms with E-state index in [4.69, 9.17) is 9.47 Å². The predicted octanol–water partition coefficient (Wildman–Crippen LogP) is 2.51. The van der Waals surface area contributed by atoms with Crippen molar-refractivity contribution in [1.29, 1.82) is 0 Å². The Balaban J connectivity index is 1.37. The molecule has 0 aliphatic carbocycles. The van der Waals surface area contributed by atoms with E-state index in [0.717, 1.165) is 50.7 Å². The number of fused-ring (bicyclic) bond motifs is 1. The minimum absolute atomic E-state index is 0.140. The van der Waals surface area contributed by atoms with Crippen molar-refractivity contribution < 1.29 is 9.47 Å². The summed E-state index contributed by atoms with van der Waals surface area (Å²) in [5.74, 6) is 0.569. The summed E-state index contributed by atoms with van der Waals surface area (Å²) < 4.78 is 11.9. The lowest BCUT2D eigenvalue weighted by Crippen LogP contribution is -2.35. The van der Waals surface area contributed by atoms with Crippen molar-refractivity contribution in [2.45, 2.75) is 20.1 Å². The second kappa shape index (κ2) is 6.88. The van der Waals surface area contributed by atoms with Gasteiger partial charge < -0.3 is 9.47 Å². The molecule has 4 heterocycles. The van der Waals surface area contributed by atoms with Gasteiger partial charge in [-0.05, 0) is 18.6 Å². The third kappa shape index (κ3) is 3.24. The molecule has 0 amide bonds. The average molecular weight is 345 g/mol. The molecule has 2 aromatic rings. The number of likely N-dealkylation sites (tertiary alicyclic amines) is 1. The van der Waals surface area contributed by atoms with E-state index in [1.54, 1.807) is 17.5 Å². The van der Waals surface area contributed by atoms with Gasteiger partial charge in [0.25, 0.3) is 0 Å². The lowest BCUT2D eigenvalue weighted by atomic mass is 9.82. The van der Waals surface area contributed by atoms with Crippen LogP contribution in [0.25, 0.3) is 0 Å². The topological polar surface area (TPSA) is 47.5 Å². The number of hydrogen-bond acceptors (Lipinski definition) is 6. The van der Waals surface area contributed by atoms with Gasteiger partial charge in [-0.2, -0.15) is 0 Å². The molecule has 2 aliphatic heterocycles. The minimum atomic E-state index is 0.140. The molecular formula is C18H23N3O2S. The summed E-state index contributed by atoms with van der Waals surface area (Å²) in [5, 5.41) is 0. The summed E-state index contributed by atoms with van der Waals surface area (Å²) in [6.45, 7) is 8.27. The van der Waals surface area contributed by atoms with Crippen LogP contribution >= 0.6 is 11.3 Å². The Kier molecular flexibility index (Phi) is 4.63. The van der Waals surface area contributed by atoms with E-state index in [1.165, 1.54) is 4.88 Å². The quantitative estimate of drug-likeness (QED) is 0.805. The standard InChI is InChI=1S/C18H23N3O2S/c1-14-17(24-13-20-14)7-21-6-16-9-23-12-18(16,10-21)11-22-8-15-3-2-4-19-5-15/h2-5,13,16H,6-12H2,1H3/t16-,18-/m1/s1. The second-order valence-corrected chi connectivity index (χ2v) is 7.90. The highest BCUT2D eigenvalue weighted by Gasteiger charge is 2.50. The van der Waals surface area contributed by atoms with Crippen LogP contribution in [0.4, 0.5) is 0 Å². The molecule has 4 rings (SSSR count). The average Bonchev–Trinajstić information content (AvgIpc) is 3.24. The highest BCUT2D eigenvalue weighted by atomic mass is 32.1. The Morgan fingerprint density at radius 2 is 2.46 bits per heavy atom. The number of aromatic nitrogens is 2. The number of rotatable bonds is 6. The van der Waals surface area contributed by atoms with Gasteiger partial charge in [0.15, 0.2) is 0 Å². The Morgan fingerprint density at radius 3 is 3.25 bits per heavy atom. The molecule has 0 aromatic carbocycles. The van der Waals surface area contributed by atoms with E-state index in [1.807, 2.05) is 17.8 Å². The van der Waals surface area contributed by atoms with Gasteiger partial charge in [0.1, 0.15) is 0 Å². The van der Waals surface area contributed by atoms with Crippen LogP contribution in [0.5, 0.6) is 0 Å². The molecule has 24 heavy (non-hydrogen) atoms. The fraction of sp³-hybridized carbons (Fsp3) is 0.556. The van der Waals surface area contributed by atoms with E-state index in [9.17, 15) is 0 Å². The molecule has 0 bridgehead atoms. The first-order chi connectivity index (χ1) is 11.8. The Hall–Kier alpha value is -1.34. The summed E-state index contributed by atoms with van der Waals surface area (Å²) >= 11 is 1.76. The van der Waals surface area contributed by atoms with Crippen LogP contribution < -0.4 is 0 Å². The molecule has 2 aliphatic rings. The van der Waals surface area contributed by atoms with Gasteiger partial charge in [0, 0.05) is 48.2 Å². The first kappa shape index (κ1) is 16.1. The van der Waals surface area contributed by atoms with E-state index in [0.29, 0.717) is 12.5 Å². The normalized spacial score (nSPS) is 26.8.